The Hall–Kier alpha value is -1.79. The summed E-state index contributed by atoms with van der Waals surface area (Å²) in [5, 5.41) is 10.0. The molecule has 1 atom stereocenters. The van der Waals surface area contributed by atoms with Gasteiger partial charge in [-0.3, -0.25) is 0 Å². The quantitative estimate of drug-likeness (QED) is 0.550. The second kappa shape index (κ2) is 8.62. The van der Waals surface area contributed by atoms with E-state index in [1.54, 1.807) is 25.1 Å². The van der Waals surface area contributed by atoms with E-state index in [0.29, 0.717) is 16.9 Å². The zero-order valence-corrected chi connectivity index (χ0v) is 18.9. The Morgan fingerprint density at radius 2 is 1.68 bits per heavy atom. The van der Waals surface area contributed by atoms with Gasteiger partial charge in [0.25, 0.3) is 0 Å². The molecule has 0 bridgehead atoms. The van der Waals surface area contributed by atoms with Crippen LogP contribution in [0.5, 0.6) is 5.75 Å². The molecule has 31 heavy (non-hydrogen) atoms. The van der Waals surface area contributed by atoms with Crippen molar-refractivity contribution >= 4 is 10.8 Å². The Morgan fingerprint density at radius 3 is 2.23 bits per heavy atom. The van der Waals surface area contributed by atoms with Gasteiger partial charge in [0, 0.05) is 0 Å². The summed E-state index contributed by atoms with van der Waals surface area (Å²) < 4.78 is 48.1. The zero-order chi connectivity index (χ0) is 23.0. The molecule has 172 valence electrons. The fourth-order valence-corrected chi connectivity index (χ4v) is 4.58. The number of ether oxygens (including phenoxy) is 1. The number of aliphatic hydroxyl groups is 1. The van der Waals surface area contributed by atoms with Crippen LogP contribution in [-0.2, 0) is 11.7 Å². The largest absolute Gasteiger partial charge is 0.490 e. The normalized spacial score (nSPS) is 22.4. The van der Waals surface area contributed by atoms with Crippen molar-refractivity contribution < 1.29 is 23.0 Å². The molecule has 1 fully saturated rings. The van der Waals surface area contributed by atoms with E-state index in [0.717, 1.165) is 32.1 Å². The van der Waals surface area contributed by atoms with Crippen LogP contribution in [0.15, 0.2) is 30.3 Å². The minimum absolute atomic E-state index is 0.0864. The van der Waals surface area contributed by atoms with Gasteiger partial charge in [0.15, 0.2) is 0 Å². The highest BCUT2D eigenvalue weighted by atomic mass is 19.4. The molecule has 6 heteroatoms. The maximum atomic E-state index is 14.1. The molecule has 1 aliphatic rings. The van der Waals surface area contributed by atoms with Gasteiger partial charge >= 0.3 is 6.18 Å². The van der Waals surface area contributed by atoms with Crippen LogP contribution in [0, 0.1) is 11.3 Å². The topological polar surface area (TPSA) is 55.5 Å². The second-order valence-corrected chi connectivity index (χ2v) is 9.88. The van der Waals surface area contributed by atoms with E-state index >= 15 is 0 Å². The summed E-state index contributed by atoms with van der Waals surface area (Å²) in [4.78, 5) is 0. The fourth-order valence-electron chi connectivity index (χ4n) is 4.58. The number of alkyl halides is 3. The van der Waals surface area contributed by atoms with Gasteiger partial charge in [0.2, 0.25) is 0 Å². The average Bonchev–Trinajstić information content (AvgIpc) is 2.72. The summed E-state index contributed by atoms with van der Waals surface area (Å²) in [6.07, 6.45) is -0.176. The summed E-state index contributed by atoms with van der Waals surface area (Å²) in [5.74, 6) is 0.468. The van der Waals surface area contributed by atoms with Crippen LogP contribution in [0.1, 0.15) is 70.9 Å². The molecule has 0 aromatic heterocycles. The summed E-state index contributed by atoms with van der Waals surface area (Å²) >= 11 is 0. The predicted octanol–water partition coefficient (Wildman–Crippen LogP) is 6.40. The second-order valence-electron chi connectivity index (χ2n) is 9.88. The van der Waals surface area contributed by atoms with Crippen molar-refractivity contribution in [3.05, 3.63) is 41.5 Å². The first-order chi connectivity index (χ1) is 14.4. The van der Waals surface area contributed by atoms with Gasteiger partial charge in [-0.15, -0.1) is 0 Å². The number of halogens is 3. The lowest BCUT2D eigenvalue weighted by Gasteiger charge is -2.39. The van der Waals surface area contributed by atoms with Crippen molar-refractivity contribution in [1.29, 1.82) is 0 Å². The minimum atomic E-state index is -4.54. The lowest BCUT2D eigenvalue weighted by Crippen LogP contribution is -2.36. The van der Waals surface area contributed by atoms with Gasteiger partial charge in [0.05, 0.1) is 18.2 Å². The highest BCUT2D eigenvalue weighted by Gasteiger charge is 2.38. The highest BCUT2D eigenvalue weighted by molar-refractivity contribution is 5.89. The number of rotatable bonds is 6. The highest BCUT2D eigenvalue weighted by Crippen LogP contribution is 2.45. The number of hydrogen-bond acceptors (Lipinski definition) is 3. The van der Waals surface area contributed by atoms with Crippen molar-refractivity contribution in [3.63, 3.8) is 0 Å². The predicted molar refractivity (Wildman–Crippen MR) is 118 cm³/mol. The summed E-state index contributed by atoms with van der Waals surface area (Å²) in [5.41, 5.74) is 5.13. The molecule has 3 nitrogen and oxygen atoms in total. The summed E-state index contributed by atoms with van der Waals surface area (Å²) in [6, 6.07) is 7.66. The molecule has 3 N–H and O–H groups in total. The molecule has 0 saturated heterocycles. The molecule has 2 aromatic rings. The van der Waals surface area contributed by atoms with Gasteiger partial charge < -0.3 is 15.6 Å². The molecule has 0 heterocycles. The Morgan fingerprint density at radius 1 is 1.03 bits per heavy atom. The molecular weight excluding hydrogens is 403 g/mol. The van der Waals surface area contributed by atoms with E-state index in [2.05, 4.69) is 20.8 Å². The first-order valence-corrected chi connectivity index (χ1v) is 11.1. The molecule has 1 saturated carbocycles. The van der Waals surface area contributed by atoms with Crippen LogP contribution < -0.4 is 10.5 Å². The van der Waals surface area contributed by atoms with E-state index in [1.807, 2.05) is 0 Å². The van der Waals surface area contributed by atoms with E-state index in [1.165, 1.54) is 12.1 Å². The van der Waals surface area contributed by atoms with Crippen molar-refractivity contribution in [3.8, 4) is 5.75 Å². The number of nitrogens with two attached hydrogens (primary N) is 1. The summed E-state index contributed by atoms with van der Waals surface area (Å²) in [7, 11) is 0. The van der Waals surface area contributed by atoms with Crippen LogP contribution in [0.25, 0.3) is 10.8 Å². The van der Waals surface area contributed by atoms with Gasteiger partial charge in [-0.05, 0) is 72.4 Å². The van der Waals surface area contributed by atoms with E-state index in [9.17, 15) is 18.3 Å². The van der Waals surface area contributed by atoms with Gasteiger partial charge in [-0.2, -0.15) is 13.2 Å². The van der Waals surface area contributed by atoms with Crippen LogP contribution in [-0.4, -0.2) is 17.8 Å². The lowest BCUT2D eigenvalue weighted by molar-refractivity contribution is -0.138. The van der Waals surface area contributed by atoms with Gasteiger partial charge in [-0.1, -0.05) is 45.4 Å². The Bertz CT molecular complexity index is 913. The SMILES string of the molecule is CCC(C)(C)[C@H]1CC[C@H](Oc2ccc3cc([C@@](C)(N)CO)ccc3c2C(F)(F)F)CC1. The van der Waals surface area contributed by atoms with Crippen molar-refractivity contribution in [2.45, 2.75) is 77.6 Å². The van der Waals surface area contributed by atoms with Crippen molar-refractivity contribution in [2.24, 2.45) is 17.1 Å². The molecule has 0 unspecified atom stereocenters. The monoisotopic (exact) mass is 437 g/mol. The first-order valence-electron chi connectivity index (χ1n) is 11.1. The van der Waals surface area contributed by atoms with Crippen LogP contribution in [0.4, 0.5) is 13.2 Å². The number of fused-ring (bicyclic) bond motifs is 1. The van der Waals surface area contributed by atoms with E-state index in [-0.39, 0.29) is 29.3 Å². The molecule has 2 aromatic carbocycles. The maximum absolute atomic E-state index is 14.1. The van der Waals surface area contributed by atoms with Crippen LogP contribution >= 0.6 is 0 Å². The maximum Gasteiger partial charge on any atom is 0.420 e. The van der Waals surface area contributed by atoms with Gasteiger partial charge in [-0.25, -0.2) is 0 Å². The average molecular weight is 438 g/mol. The Balaban J connectivity index is 1.90. The van der Waals surface area contributed by atoms with Crippen LogP contribution in [0.3, 0.4) is 0 Å². The third-order valence-corrected chi connectivity index (χ3v) is 7.24. The minimum Gasteiger partial charge on any atom is -0.490 e. The molecule has 0 amide bonds. The smallest absolute Gasteiger partial charge is 0.420 e. The summed E-state index contributed by atoms with van der Waals surface area (Å²) in [6.45, 7) is 8.06. The standard InChI is InChI=1S/C25H34F3NO2/c1-5-23(2,3)17-7-10-19(11-8-17)31-21-13-6-16-14-18(24(4,29)15-30)9-12-20(16)22(21)25(26,27)28/h6,9,12-14,17,19,30H,5,7-8,10-11,15,29H2,1-4H3/t17-,19-,24-/m0/s1. The molecule has 0 spiro atoms. The fraction of sp³-hybridized carbons (Fsp3) is 0.600. The van der Waals surface area contributed by atoms with E-state index < -0.39 is 17.3 Å². The Labute approximate surface area is 182 Å². The van der Waals surface area contributed by atoms with E-state index in [4.69, 9.17) is 10.5 Å². The number of aliphatic hydroxyl groups excluding tert-OH is 1. The third-order valence-electron chi connectivity index (χ3n) is 7.24. The van der Waals surface area contributed by atoms with Crippen LogP contribution in [0.2, 0.25) is 0 Å². The van der Waals surface area contributed by atoms with Gasteiger partial charge in [0.1, 0.15) is 11.3 Å². The number of benzene rings is 2. The number of hydrogen-bond donors (Lipinski definition) is 2. The lowest BCUT2D eigenvalue weighted by atomic mass is 9.69. The molecular formula is C25H34F3NO2. The molecule has 1 aliphatic carbocycles. The molecule has 0 radical (unpaired) electrons. The molecule has 0 aliphatic heterocycles. The third kappa shape index (κ3) is 5.01. The molecule has 3 rings (SSSR count). The zero-order valence-electron chi connectivity index (χ0n) is 18.9. The Kier molecular flexibility index (Phi) is 6.64. The first kappa shape index (κ1) is 23.9. The van der Waals surface area contributed by atoms with Crippen molar-refractivity contribution in [1.82, 2.24) is 0 Å². The van der Waals surface area contributed by atoms with Crippen molar-refractivity contribution in [2.75, 3.05) is 6.61 Å².